The molecule has 0 radical (unpaired) electrons. The number of anilines is 2. The van der Waals surface area contributed by atoms with Crippen LogP contribution in [0.25, 0.3) is 5.65 Å². The van der Waals surface area contributed by atoms with Gasteiger partial charge in [0.15, 0.2) is 11.5 Å². The molecule has 0 unspecified atom stereocenters. The van der Waals surface area contributed by atoms with E-state index in [1.54, 1.807) is 16.9 Å². The maximum atomic E-state index is 5.66. The van der Waals surface area contributed by atoms with Crippen LogP contribution in [0.2, 0.25) is 0 Å². The Morgan fingerprint density at radius 3 is 2.76 bits per heavy atom. The Labute approximate surface area is 122 Å². The van der Waals surface area contributed by atoms with Crippen LogP contribution in [-0.2, 0) is 0 Å². The molecular formula is C14H17N7. The van der Waals surface area contributed by atoms with Gasteiger partial charge in [-0.15, -0.1) is 5.10 Å². The second kappa shape index (κ2) is 5.84. The van der Waals surface area contributed by atoms with Gasteiger partial charge in [-0.25, -0.2) is 0 Å². The van der Waals surface area contributed by atoms with Gasteiger partial charge in [0.25, 0.3) is 0 Å². The monoisotopic (exact) mass is 283 g/mol. The van der Waals surface area contributed by atoms with Crippen molar-refractivity contribution in [2.75, 3.05) is 18.0 Å². The minimum atomic E-state index is 0.623. The molecule has 0 saturated carbocycles. The highest BCUT2D eigenvalue weighted by Crippen LogP contribution is 2.25. The summed E-state index contributed by atoms with van der Waals surface area (Å²) in [6.07, 6.45) is 4.27. The average Bonchev–Trinajstić information content (AvgIpc) is 2.98. The summed E-state index contributed by atoms with van der Waals surface area (Å²) >= 11 is 0. The molecule has 0 amide bonds. The van der Waals surface area contributed by atoms with Crippen molar-refractivity contribution in [2.45, 2.75) is 13.3 Å². The van der Waals surface area contributed by atoms with E-state index in [-0.39, 0.29) is 0 Å². The Hall–Kier alpha value is -2.54. The molecule has 3 rings (SSSR count). The minimum Gasteiger partial charge on any atom is -0.330 e. The predicted octanol–water partition coefficient (Wildman–Crippen LogP) is 1.31. The van der Waals surface area contributed by atoms with Crippen LogP contribution in [0, 0.1) is 6.92 Å². The highest BCUT2D eigenvalue weighted by atomic mass is 15.5. The molecule has 0 saturated heterocycles. The maximum Gasteiger partial charge on any atom is 0.199 e. The molecule has 0 atom stereocenters. The van der Waals surface area contributed by atoms with Gasteiger partial charge in [0.05, 0.1) is 12.4 Å². The van der Waals surface area contributed by atoms with Gasteiger partial charge in [-0.05, 0) is 42.4 Å². The topological polar surface area (TPSA) is 85.2 Å². The molecule has 2 aromatic heterocycles. The van der Waals surface area contributed by atoms with E-state index in [2.05, 4.69) is 56.6 Å². The number of tetrazole rings is 1. The lowest BCUT2D eigenvalue weighted by molar-refractivity contribution is 0.767. The van der Waals surface area contributed by atoms with Crippen LogP contribution in [0.1, 0.15) is 12.0 Å². The Balaban J connectivity index is 2.06. The number of aromatic nitrogens is 5. The van der Waals surface area contributed by atoms with Gasteiger partial charge in [0, 0.05) is 12.2 Å². The van der Waals surface area contributed by atoms with E-state index in [1.807, 2.05) is 0 Å². The number of hydrogen-bond donors (Lipinski definition) is 1. The molecule has 0 aliphatic carbocycles. The van der Waals surface area contributed by atoms with Crippen LogP contribution in [-0.4, -0.2) is 38.1 Å². The Kier molecular flexibility index (Phi) is 3.74. The van der Waals surface area contributed by atoms with E-state index in [0.29, 0.717) is 12.2 Å². The normalized spacial score (nSPS) is 11.0. The summed E-state index contributed by atoms with van der Waals surface area (Å²) in [5.74, 6) is 0.829. The van der Waals surface area contributed by atoms with Crippen molar-refractivity contribution in [1.82, 2.24) is 25.0 Å². The number of fused-ring (bicyclic) bond motifs is 1. The summed E-state index contributed by atoms with van der Waals surface area (Å²) in [7, 11) is 0. The van der Waals surface area contributed by atoms with Crippen molar-refractivity contribution < 1.29 is 0 Å². The van der Waals surface area contributed by atoms with E-state index in [1.165, 1.54) is 5.56 Å². The van der Waals surface area contributed by atoms with E-state index < -0.39 is 0 Å². The molecule has 2 heterocycles. The van der Waals surface area contributed by atoms with Gasteiger partial charge in [-0.1, -0.05) is 17.7 Å². The molecule has 2 N–H and O–H groups in total. The molecule has 1 aromatic carbocycles. The predicted molar refractivity (Wildman–Crippen MR) is 80.4 cm³/mol. The van der Waals surface area contributed by atoms with Crippen LogP contribution in [0.3, 0.4) is 0 Å². The third-order valence-corrected chi connectivity index (χ3v) is 3.30. The van der Waals surface area contributed by atoms with E-state index in [9.17, 15) is 0 Å². The van der Waals surface area contributed by atoms with Crippen molar-refractivity contribution in [3.63, 3.8) is 0 Å². The van der Waals surface area contributed by atoms with Gasteiger partial charge in [0.2, 0.25) is 0 Å². The second-order valence-corrected chi connectivity index (χ2v) is 4.84. The largest absolute Gasteiger partial charge is 0.330 e. The van der Waals surface area contributed by atoms with Crippen LogP contribution < -0.4 is 10.6 Å². The lowest BCUT2D eigenvalue weighted by atomic mass is 10.2. The lowest BCUT2D eigenvalue weighted by Gasteiger charge is -2.24. The zero-order chi connectivity index (χ0) is 14.7. The molecule has 3 aromatic rings. The summed E-state index contributed by atoms with van der Waals surface area (Å²) in [6.45, 7) is 3.47. The fraction of sp³-hybridized carbons (Fsp3) is 0.286. The first-order valence-electron chi connectivity index (χ1n) is 6.86. The molecular weight excluding hydrogens is 266 g/mol. The summed E-state index contributed by atoms with van der Waals surface area (Å²) in [5, 5.41) is 11.7. The third kappa shape index (κ3) is 2.68. The molecule has 0 spiro atoms. The summed E-state index contributed by atoms with van der Waals surface area (Å²) in [4.78, 5) is 6.35. The second-order valence-electron chi connectivity index (χ2n) is 4.84. The zero-order valence-corrected chi connectivity index (χ0v) is 11.8. The Bertz CT molecular complexity index is 720. The van der Waals surface area contributed by atoms with Gasteiger partial charge in [-0.3, -0.25) is 4.98 Å². The van der Waals surface area contributed by atoms with E-state index >= 15 is 0 Å². The number of rotatable bonds is 5. The SMILES string of the molecule is Cc1ccc(N(CCCN)c2cncc3nnnn23)cc1. The Morgan fingerprint density at radius 2 is 2.00 bits per heavy atom. The van der Waals surface area contributed by atoms with E-state index in [4.69, 9.17) is 5.73 Å². The fourth-order valence-corrected chi connectivity index (χ4v) is 2.20. The third-order valence-electron chi connectivity index (χ3n) is 3.30. The molecule has 0 fully saturated rings. The maximum absolute atomic E-state index is 5.66. The molecule has 7 nitrogen and oxygen atoms in total. The van der Waals surface area contributed by atoms with Crippen molar-refractivity contribution in [2.24, 2.45) is 5.73 Å². The van der Waals surface area contributed by atoms with Gasteiger partial charge in [0.1, 0.15) is 0 Å². The van der Waals surface area contributed by atoms with Gasteiger partial charge < -0.3 is 10.6 Å². The first kappa shape index (κ1) is 13.4. The van der Waals surface area contributed by atoms with Crippen molar-refractivity contribution in [1.29, 1.82) is 0 Å². The number of nitrogens with zero attached hydrogens (tertiary/aromatic N) is 6. The quantitative estimate of drug-likeness (QED) is 0.760. The number of benzene rings is 1. The average molecular weight is 283 g/mol. The van der Waals surface area contributed by atoms with Gasteiger partial charge in [-0.2, -0.15) is 4.52 Å². The van der Waals surface area contributed by atoms with Crippen LogP contribution in [0.4, 0.5) is 11.5 Å². The van der Waals surface area contributed by atoms with Crippen LogP contribution in [0.15, 0.2) is 36.7 Å². The first-order chi connectivity index (χ1) is 10.3. The van der Waals surface area contributed by atoms with Crippen molar-refractivity contribution >= 4 is 17.2 Å². The smallest absolute Gasteiger partial charge is 0.199 e. The molecule has 108 valence electrons. The molecule has 0 aliphatic heterocycles. The number of hydrogen-bond acceptors (Lipinski definition) is 6. The highest BCUT2D eigenvalue weighted by molar-refractivity contribution is 5.61. The van der Waals surface area contributed by atoms with Crippen molar-refractivity contribution in [3.05, 3.63) is 42.2 Å². The molecule has 0 aliphatic rings. The summed E-state index contributed by atoms with van der Waals surface area (Å²) in [5.41, 5.74) is 8.57. The standard InChI is InChI=1S/C14H17N7/c1-11-3-5-12(6-4-11)20(8-2-7-15)14-10-16-9-13-17-18-19-21(13)14/h3-6,9-10H,2,7-8,15H2,1H3. The zero-order valence-electron chi connectivity index (χ0n) is 11.8. The van der Waals surface area contributed by atoms with E-state index in [0.717, 1.165) is 24.5 Å². The highest BCUT2D eigenvalue weighted by Gasteiger charge is 2.14. The van der Waals surface area contributed by atoms with Crippen LogP contribution >= 0.6 is 0 Å². The summed E-state index contributed by atoms with van der Waals surface area (Å²) < 4.78 is 1.68. The first-order valence-corrected chi connectivity index (χ1v) is 6.86. The molecule has 21 heavy (non-hydrogen) atoms. The Morgan fingerprint density at radius 1 is 1.19 bits per heavy atom. The summed E-state index contributed by atoms with van der Waals surface area (Å²) in [6, 6.07) is 8.32. The van der Waals surface area contributed by atoms with Crippen molar-refractivity contribution in [3.8, 4) is 0 Å². The lowest BCUT2D eigenvalue weighted by Crippen LogP contribution is -2.23. The number of nitrogens with two attached hydrogens (primary N) is 1. The number of aryl methyl sites for hydroxylation is 1. The van der Waals surface area contributed by atoms with Crippen LogP contribution in [0.5, 0.6) is 0 Å². The molecule has 0 bridgehead atoms. The minimum absolute atomic E-state index is 0.623. The van der Waals surface area contributed by atoms with Gasteiger partial charge >= 0.3 is 0 Å². The fourth-order valence-electron chi connectivity index (χ4n) is 2.20. The molecule has 7 heteroatoms.